The Bertz CT molecular complexity index is 1280. The third kappa shape index (κ3) is 4.21. The molecule has 5 rings (SSSR count). The van der Waals surface area contributed by atoms with Crippen molar-refractivity contribution in [2.45, 2.75) is 0 Å². The Morgan fingerprint density at radius 1 is 0.484 bits per heavy atom. The van der Waals surface area contributed by atoms with Crippen molar-refractivity contribution in [3.63, 3.8) is 0 Å². The van der Waals surface area contributed by atoms with Crippen LogP contribution in [-0.4, -0.2) is 9.97 Å². The van der Waals surface area contributed by atoms with Gasteiger partial charge in [-0.2, -0.15) is 0 Å². The van der Waals surface area contributed by atoms with E-state index in [1.807, 2.05) is 54.7 Å². The summed E-state index contributed by atoms with van der Waals surface area (Å²) in [6.07, 6.45) is 3.54. The van der Waals surface area contributed by atoms with E-state index >= 15 is 0 Å². The van der Waals surface area contributed by atoms with E-state index < -0.39 is 0 Å². The highest BCUT2D eigenvalue weighted by Crippen LogP contribution is 2.33. The quantitative estimate of drug-likeness (QED) is 0.311. The molecule has 148 valence electrons. The van der Waals surface area contributed by atoms with E-state index in [2.05, 4.69) is 70.6 Å². The lowest BCUT2D eigenvalue weighted by molar-refractivity contribution is 0.463. The van der Waals surface area contributed by atoms with Gasteiger partial charge in [0.15, 0.2) is 0 Å². The van der Waals surface area contributed by atoms with E-state index in [9.17, 15) is 0 Å². The maximum atomic E-state index is 5.91. The van der Waals surface area contributed by atoms with Gasteiger partial charge in [-0.25, -0.2) is 4.98 Å². The minimum Gasteiger partial charge on any atom is -0.439 e. The van der Waals surface area contributed by atoms with Crippen LogP contribution < -0.4 is 4.74 Å². The maximum absolute atomic E-state index is 5.91. The lowest BCUT2D eigenvalue weighted by atomic mass is 9.97. The zero-order valence-corrected chi connectivity index (χ0v) is 16.8. The Morgan fingerprint density at radius 3 is 2.00 bits per heavy atom. The highest BCUT2D eigenvalue weighted by molar-refractivity contribution is 5.82. The highest BCUT2D eigenvalue weighted by Gasteiger charge is 2.10. The summed E-state index contributed by atoms with van der Waals surface area (Å²) in [4.78, 5) is 8.92. The molecule has 2 aromatic heterocycles. The Kier molecular flexibility index (Phi) is 5.23. The van der Waals surface area contributed by atoms with Crippen molar-refractivity contribution < 1.29 is 4.74 Å². The summed E-state index contributed by atoms with van der Waals surface area (Å²) in [5.41, 5.74) is 6.52. The number of ether oxygens (including phenoxy) is 1. The fraction of sp³-hybridized carbons (Fsp3) is 0. The molecule has 0 unspecified atom stereocenters. The fourth-order valence-electron chi connectivity index (χ4n) is 3.58. The van der Waals surface area contributed by atoms with Gasteiger partial charge in [-0.05, 0) is 41.0 Å². The predicted octanol–water partition coefficient (Wildman–Crippen LogP) is 7.27. The Hall–Kier alpha value is -4.24. The summed E-state index contributed by atoms with van der Waals surface area (Å²) >= 11 is 0. The molecule has 2 heterocycles. The number of benzene rings is 3. The third-order valence-electron chi connectivity index (χ3n) is 5.08. The van der Waals surface area contributed by atoms with Crippen molar-refractivity contribution >= 4 is 0 Å². The van der Waals surface area contributed by atoms with Crippen LogP contribution >= 0.6 is 0 Å². The molecule has 3 nitrogen and oxygen atoms in total. The molecule has 0 aliphatic heterocycles. The van der Waals surface area contributed by atoms with Gasteiger partial charge in [-0.3, -0.25) is 4.98 Å². The van der Waals surface area contributed by atoms with E-state index in [-0.39, 0.29) is 0 Å². The molecule has 0 saturated carbocycles. The Balaban J connectivity index is 1.48. The van der Waals surface area contributed by atoms with Gasteiger partial charge in [0.05, 0.1) is 5.69 Å². The SMILES string of the molecule is c1ccc(-c2ccc(-c3cccnc3-c3cccc(Oc4ccccn4)c3)cc2)cc1. The van der Waals surface area contributed by atoms with Crippen molar-refractivity contribution in [1.82, 2.24) is 9.97 Å². The highest BCUT2D eigenvalue weighted by atomic mass is 16.5. The summed E-state index contributed by atoms with van der Waals surface area (Å²) in [7, 11) is 0. The summed E-state index contributed by atoms with van der Waals surface area (Å²) in [5, 5.41) is 0. The van der Waals surface area contributed by atoms with E-state index in [1.54, 1.807) is 6.20 Å². The van der Waals surface area contributed by atoms with Crippen LogP contribution in [0.15, 0.2) is 122 Å². The average Bonchev–Trinajstić information content (AvgIpc) is 2.86. The zero-order chi connectivity index (χ0) is 20.9. The lowest BCUT2D eigenvalue weighted by Gasteiger charge is -2.11. The van der Waals surface area contributed by atoms with Crippen molar-refractivity contribution in [2.75, 3.05) is 0 Å². The first-order valence-corrected chi connectivity index (χ1v) is 10.2. The van der Waals surface area contributed by atoms with Gasteiger partial charge in [0.2, 0.25) is 5.88 Å². The molecule has 0 amide bonds. The molecular formula is C28H20N2O. The van der Waals surface area contributed by atoms with Gasteiger partial charge in [0.25, 0.3) is 0 Å². The molecule has 5 aromatic rings. The van der Waals surface area contributed by atoms with Crippen LogP contribution in [0.2, 0.25) is 0 Å². The summed E-state index contributed by atoms with van der Waals surface area (Å²) in [5.74, 6) is 1.30. The van der Waals surface area contributed by atoms with Gasteiger partial charge < -0.3 is 4.74 Å². The van der Waals surface area contributed by atoms with Gasteiger partial charge in [0, 0.05) is 29.6 Å². The van der Waals surface area contributed by atoms with Gasteiger partial charge in [0.1, 0.15) is 5.75 Å². The van der Waals surface area contributed by atoms with Crippen LogP contribution in [0.1, 0.15) is 0 Å². The van der Waals surface area contributed by atoms with Crippen LogP contribution in [0.5, 0.6) is 11.6 Å². The monoisotopic (exact) mass is 400 g/mol. The molecule has 0 aliphatic rings. The molecule has 3 heteroatoms. The molecule has 0 atom stereocenters. The van der Waals surface area contributed by atoms with Crippen LogP contribution in [0.25, 0.3) is 33.5 Å². The van der Waals surface area contributed by atoms with E-state index in [0.717, 1.165) is 28.1 Å². The summed E-state index contributed by atoms with van der Waals surface area (Å²) < 4.78 is 5.91. The van der Waals surface area contributed by atoms with Crippen LogP contribution in [0.4, 0.5) is 0 Å². The van der Waals surface area contributed by atoms with Gasteiger partial charge >= 0.3 is 0 Å². The first-order chi connectivity index (χ1) is 15.4. The first kappa shape index (κ1) is 18.8. The van der Waals surface area contributed by atoms with E-state index in [4.69, 9.17) is 4.74 Å². The largest absolute Gasteiger partial charge is 0.439 e. The average molecular weight is 400 g/mol. The summed E-state index contributed by atoms with van der Waals surface area (Å²) in [6.45, 7) is 0. The van der Waals surface area contributed by atoms with Crippen LogP contribution in [0.3, 0.4) is 0 Å². The Morgan fingerprint density at radius 2 is 1.19 bits per heavy atom. The molecule has 0 N–H and O–H groups in total. The molecule has 0 saturated heterocycles. The number of hydrogen-bond donors (Lipinski definition) is 0. The molecule has 0 aliphatic carbocycles. The normalized spacial score (nSPS) is 10.6. The second-order valence-electron chi connectivity index (χ2n) is 7.14. The second kappa shape index (κ2) is 8.64. The lowest BCUT2D eigenvalue weighted by Crippen LogP contribution is -1.91. The third-order valence-corrected chi connectivity index (χ3v) is 5.08. The number of aromatic nitrogens is 2. The van der Waals surface area contributed by atoms with Gasteiger partial charge in [-0.1, -0.05) is 78.9 Å². The topological polar surface area (TPSA) is 35.0 Å². The number of nitrogens with zero attached hydrogens (tertiary/aromatic N) is 2. The standard InChI is InChI=1S/C28H20N2O/c1-2-8-21(9-3-1)22-14-16-23(17-15-22)26-12-7-19-30-28(26)24-10-6-11-25(20-24)31-27-13-4-5-18-29-27/h1-20H. The van der Waals surface area contributed by atoms with Crippen molar-refractivity contribution in [3.8, 4) is 45.1 Å². The van der Waals surface area contributed by atoms with Crippen LogP contribution in [-0.2, 0) is 0 Å². The molecular weight excluding hydrogens is 380 g/mol. The minimum atomic E-state index is 0.567. The number of hydrogen-bond acceptors (Lipinski definition) is 3. The van der Waals surface area contributed by atoms with Crippen molar-refractivity contribution in [1.29, 1.82) is 0 Å². The molecule has 3 aromatic carbocycles. The van der Waals surface area contributed by atoms with Gasteiger partial charge in [-0.15, -0.1) is 0 Å². The Labute approximate surface area is 181 Å². The summed E-state index contributed by atoms with van der Waals surface area (Å²) in [6, 6.07) is 36.6. The van der Waals surface area contributed by atoms with E-state index in [1.165, 1.54) is 11.1 Å². The number of pyridine rings is 2. The molecule has 0 radical (unpaired) electrons. The predicted molar refractivity (Wildman–Crippen MR) is 125 cm³/mol. The zero-order valence-electron chi connectivity index (χ0n) is 16.8. The smallest absolute Gasteiger partial charge is 0.219 e. The minimum absolute atomic E-state index is 0.567. The van der Waals surface area contributed by atoms with E-state index in [0.29, 0.717) is 5.88 Å². The molecule has 0 bridgehead atoms. The van der Waals surface area contributed by atoms with Crippen LogP contribution in [0, 0.1) is 0 Å². The second-order valence-corrected chi connectivity index (χ2v) is 7.14. The van der Waals surface area contributed by atoms with Crippen molar-refractivity contribution in [3.05, 3.63) is 122 Å². The fourth-order valence-corrected chi connectivity index (χ4v) is 3.58. The molecule has 0 spiro atoms. The maximum Gasteiger partial charge on any atom is 0.219 e. The number of rotatable bonds is 5. The molecule has 0 fully saturated rings. The van der Waals surface area contributed by atoms with Crippen molar-refractivity contribution in [2.24, 2.45) is 0 Å². The molecule has 31 heavy (non-hydrogen) atoms. The first-order valence-electron chi connectivity index (χ1n) is 10.2.